The lowest BCUT2D eigenvalue weighted by Crippen LogP contribution is -2.42. The number of hydrogen-bond donors (Lipinski definition) is 2. The Morgan fingerprint density at radius 2 is 1.93 bits per heavy atom. The van der Waals surface area contributed by atoms with Crippen molar-refractivity contribution in [2.75, 3.05) is 20.1 Å². The number of nitrogens with zero attached hydrogens (tertiary/aromatic N) is 1. The Balaban J connectivity index is 1.96. The van der Waals surface area contributed by atoms with E-state index >= 15 is 0 Å². The largest absolute Gasteiger partial charge is 0.481 e. The molecule has 2 aliphatic rings. The maximum atomic E-state index is 11.1. The highest BCUT2D eigenvalue weighted by Crippen LogP contribution is 2.52. The fourth-order valence-corrected chi connectivity index (χ4v) is 2.57. The summed E-state index contributed by atoms with van der Waals surface area (Å²) in [5.41, 5.74) is -0.791. The van der Waals surface area contributed by atoms with E-state index in [1.165, 1.54) is 0 Å². The summed E-state index contributed by atoms with van der Waals surface area (Å²) in [5, 5.41) is 19.2. The predicted octanol–water partition coefficient (Wildman–Crippen LogP) is 0.554. The van der Waals surface area contributed by atoms with Crippen molar-refractivity contribution < 1.29 is 15.0 Å². The molecule has 1 aliphatic heterocycles. The van der Waals surface area contributed by atoms with Crippen LogP contribution in [-0.4, -0.2) is 47.3 Å². The average Bonchev–Trinajstić information content (AvgIpc) is 2.98. The van der Waals surface area contributed by atoms with Gasteiger partial charge in [0.15, 0.2) is 0 Å². The van der Waals surface area contributed by atoms with Crippen LogP contribution in [0, 0.1) is 11.3 Å². The maximum Gasteiger partial charge on any atom is 0.312 e. The third-order valence-corrected chi connectivity index (χ3v) is 3.99. The zero-order valence-corrected chi connectivity index (χ0v) is 9.15. The highest BCUT2D eigenvalue weighted by Gasteiger charge is 2.57. The van der Waals surface area contributed by atoms with Crippen LogP contribution in [0.25, 0.3) is 0 Å². The fourth-order valence-electron chi connectivity index (χ4n) is 2.57. The maximum absolute atomic E-state index is 11.1. The van der Waals surface area contributed by atoms with Gasteiger partial charge in [0.1, 0.15) is 0 Å². The molecule has 1 atom stereocenters. The second-order valence-corrected chi connectivity index (χ2v) is 5.05. The van der Waals surface area contributed by atoms with Crippen LogP contribution in [-0.2, 0) is 4.79 Å². The van der Waals surface area contributed by atoms with Crippen LogP contribution in [0.1, 0.15) is 25.7 Å². The van der Waals surface area contributed by atoms with Gasteiger partial charge >= 0.3 is 5.97 Å². The van der Waals surface area contributed by atoms with Gasteiger partial charge in [-0.3, -0.25) is 4.79 Å². The minimum absolute atomic E-state index is 0.180. The Morgan fingerprint density at radius 1 is 1.40 bits per heavy atom. The highest BCUT2D eigenvalue weighted by atomic mass is 16.4. The Hall–Kier alpha value is -0.610. The molecule has 0 spiro atoms. The molecule has 1 unspecified atom stereocenters. The van der Waals surface area contributed by atoms with Crippen molar-refractivity contribution in [3.8, 4) is 0 Å². The van der Waals surface area contributed by atoms with E-state index < -0.39 is 17.5 Å². The molecular weight excluding hydrogens is 194 g/mol. The molecule has 0 aromatic carbocycles. The zero-order chi connectivity index (χ0) is 11.1. The van der Waals surface area contributed by atoms with Crippen LogP contribution in [0.5, 0.6) is 0 Å². The SMILES string of the molecule is CN1CCC(C(O)C2(C(=O)O)CC2)CC1. The lowest BCUT2D eigenvalue weighted by Gasteiger charge is -2.34. The third-order valence-electron chi connectivity index (χ3n) is 3.99. The lowest BCUT2D eigenvalue weighted by atomic mass is 9.82. The molecule has 4 heteroatoms. The van der Waals surface area contributed by atoms with E-state index in [0.717, 1.165) is 25.9 Å². The molecule has 0 aromatic heterocycles. The molecule has 0 amide bonds. The minimum atomic E-state index is -0.811. The van der Waals surface area contributed by atoms with Crippen LogP contribution in [0.3, 0.4) is 0 Å². The summed E-state index contributed by atoms with van der Waals surface area (Å²) in [7, 11) is 2.06. The summed E-state index contributed by atoms with van der Waals surface area (Å²) in [6.07, 6.45) is 2.51. The van der Waals surface area contributed by atoms with Crippen molar-refractivity contribution >= 4 is 5.97 Å². The van der Waals surface area contributed by atoms with E-state index in [4.69, 9.17) is 5.11 Å². The molecule has 1 saturated heterocycles. The van der Waals surface area contributed by atoms with Crippen LogP contribution in [0.4, 0.5) is 0 Å². The van der Waals surface area contributed by atoms with Crippen molar-refractivity contribution in [3.05, 3.63) is 0 Å². The highest BCUT2D eigenvalue weighted by molar-refractivity contribution is 5.78. The van der Waals surface area contributed by atoms with Crippen LogP contribution in [0.15, 0.2) is 0 Å². The van der Waals surface area contributed by atoms with Gasteiger partial charge in [0.05, 0.1) is 11.5 Å². The van der Waals surface area contributed by atoms with Crippen LogP contribution >= 0.6 is 0 Å². The Labute approximate surface area is 89.9 Å². The number of likely N-dealkylation sites (tertiary alicyclic amines) is 1. The van der Waals surface area contributed by atoms with Gasteiger partial charge in [-0.05, 0) is 51.7 Å². The zero-order valence-electron chi connectivity index (χ0n) is 9.15. The Kier molecular flexibility index (Phi) is 2.73. The predicted molar refractivity (Wildman–Crippen MR) is 55.5 cm³/mol. The van der Waals surface area contributed by atoms with E-state index in [2.05, 4.69) is 11.9 Å². The average molecular weight is 213 g/mol. The molecule has 86 valence electrons. The number of piperidine rings is 1. The fraction of sp³-hybridized carbons (Fsp3) is 0.909. The molecule has 15 heavy (non-hydrogen) atoms. The number of aliphatic hydroxyl groups is 1. The Bertz CT molecular complexity index is 255. The van der Waals surface area contributed by atoms with Gasteiger partial charge in [0.2, 0.25) is 0 Å². The molecule has 1 saturated carbocycles. The van der Waals surface area contributed by atoms with Gasteiger partial charge < -0.3 is 15.1 Å². The number of aliphatic hydroxyl groups excluding tert-OH is 1. The van der Waals surface area contributed by atoms with Gasteiger partial charge in [-0.25, -0.2) is 0 Å². The molecule has 0 radical (unpaired) electrons. The molecule has 0 aromatic rings. The van der Waals surface area contributed by atoms with Crippen molar-refractivity contribution in [1.29, 1.82) is 0 Å². The number of rotatable bonds is 3. The molecular formula is C11H19NO3. The summed E-state index contributed by atoms with van der Waals surface area (Å²) < 4.78 is 0. The first-order valence-corrected chi connectivity index (χ1v) is 5.66. The molecule has 0 bridgehead atoms. The molecule has 1 heterocycles. The van der Waals surface area contributed by atoms with Gasteiger partial charge in [-0.2, -0.15) is 0 Å². The van der Waals surface area contributed by atoms with Crippen LogP contribution < -0.4 is 0 Å². The number of hydrogen-bond acceptors (Lipinski definition) is 3. The van der Waals surface area contributed by atoms with E-state index in [9.17, 15) is 9.90 Å². The first-order valence-electron chi connectivity index (χ1n) is 5.66. The second kappa shape index (κ2) is 3.76. The first-order chi connectivity index (χ1) is 7.06. The van der Waals surface area contributed by atoms with Gasteiger partial charge in [0.25, 0.3) is 0 Å². The topological polar surface area (TPSA) is 60.8 Å². The number of aliphatic carboxylic acids is 1. The molecule has 2 fully saturated rings. The summed E-state index contributed by atoms with van der Waals surface area (Å²) >= 11 is 0. The first kappa shape index (κ1) is 10.9. The van der Waals surface area contributed by atoms with Crippen molar-refractivity contribution in [3.63, 3.8) is 0 Å². The number of carbonyl (C=O) groups is 1. The van der Waals surface area contributed by atoms with E-state index in [-0.39, 0.29) is 5.92 Å². The van der Waals surface area contributed by atoms with Crippen molar-refractivity contribution in [1.82, 2.24) is 4.90 Å². The quantitative estimate of drug-likeness (QED) is 0.719. The van der Waals surface area contributed by atoms with E-state index in [0.29, 0.717) is 12.8 Å². The van der Waals surface area contributed by atoms with Crippen molar-refractivity contribution in [2.24, 2.45) is 11.3 Å². The third kappa shape index (κ3) is 1.88. The minimum Gasteiger partial charge on any atom is -0.481 e. The summed E-state index contributed by atoms with van der Waals surface area (Å²) in [6.45, 7) is 1.94. The van der Waals surface area contributed by atoms with Gasteiger partial charge in [-0.1, -0.05) is 0 Å². The smallest absolute Gasteiger partial charge is 0.312 e. The summed E-state index contributed by atoms with van der Waals surface area (Å²) in [4.78, 5) is 13.3. The molecule has 4 nitrogen and oxygen atoms in total. The normalized spacial score (nSPS) is 28.7. The van der Waals surface area contributed by atoms with Crippen molar-refractivity contribution in [2.45, 2.75) is 31.8 Å². The Morgan fingerprint density at radius 3 is 2.33 bits per heavy atom. The van der Waals surface area contributed by atoms with Gasteiger partial charge in [0, 0.05) is 0 Å². The molecule has 1 aliphatic carbocycles. The molecule has 2 N–H and O–H groups in total. The number of carboxylic acid groups (broad SMARTS) is 1. The summed E-state index contributed by atoms with van der Waals surface area (Å²) in [6, 6.07) is 0. The van der Waals surface area contributed by atoms with Gasteiger partial charge in [-0.15, -0.1) is 0 Å². The summed E-state index contributed by atoms with van der Waals surface area (Å²) in [5.74, 6) is -0.631. The molecule has 2 rings (SSSR count). The van der Waals surface area contributed by atoms with E-state index in [1.807, 2.05) is 0 Å². The standard InChI is InChI=1S/C11H19NO3/c1-12-6-2-8(3-7-12)9(13)11(4-5-11)10(14)15/h8-9,13H,2-7H2,1H3,(H,14,15). The lowest BCUT2D eigenvalue weighted by molar-refractivity contribution is -0.150. The monoisotopic (exact) mass is 213 g/mol. The van der Waals surface area contributed by atoms with Crippen LogP contribution in [0.2, 0.25) is 0 Å². The second-order valence-electron chi connectivity index (χ2n) is 5.05. The number of carboxylic acids is 1. The van der Waals surface area contributed by atoms with E-state index in [1.54, 1.807) is 0 Å².